The molecule has 0 fully saturated rings. The highest BCUT2D eigenvalue weighted by molar-refractivity contribution is 6.32. The Hall–Kier alpha value is -2.44. The summed E-state index contributed by atoms with van der Waals surface area (Å²) in [6, 6.07) is 7.14. The van der Waals surface area contributed by atoms with Crippen molar-refractivity contribution in [3.05, 3.63) is 53.4 Å². The number of carbonyl (C=O) groups is 1. The van der Waals surface area contributed by atoms with Crippen molar-refractivity contribution in [2.75, 3.05) is 25.0 Å². The van der Waals surface area contributed by atoms with Crippen molar-refractivity contribution in [3.8, 4) is 0 Å². The van der Waals surface area contributed by atoms with E-state index in [1.54, 1.807) is 24.5 Å². The first-order chi connectivity index (χ1) is 12.6. The number of hydrogen-bond acceptors (Lipinski definition) is 4. The van der Waals surface area contributed by atoms with Gasteiger partial charge >= 0.3 is 0 Å². The summed E-state index contributed by atoms with van der Waals surface area (Å²) < 4.78 is 1.84. The molecule has 3 aromatic rings. The molecule has 1 aromatic carbocycles. The SMILES string of the molecule is CCN(CC)CCn1cc(NC(=O)c2cc(Cl)cc3cccnc23)cn1. The van der Waals surface area contributed by atoms with Crippen LogP contribution in [0, 0.1) is 0 Å². The van der Waals surface area contributed by atoms with E-state index in [0.29, 0.717) is 21.8 Å². The van der Waals surface area contributed by atoms with Gasteiger partial charge in [-0.25, -0.2) is 0 Å². The maximum absolute atomic E-state index is 12.7. The molecule has 0 unspecified atom stereocenters. The second-order valence-electron chi connectivity index (χ2n) is 6.00. The van der Waals surface area contributed by atoms with E-state index in [-0.39, 0.29) is 5.91 Å². The Bertz CT molecular complexity index is 904. The molecule has 0 bridgehead atoms. The number of pyridine rings is 1. The fourth-order valence-corrected chi connectivity index (χ4v) is 3.09. The van der Waals surface area contributed by atoms with Crippen LogP contribution in [0.3, 0.4) is 0 Å². The average molecular weight is 372 g/mol. The van der Waals surface area contributed by atoms with Crippen molar-refractivity contribution < 1.29 is 4.79 Å². The minimum Gasteiger partial charge on any atom is -0.319 e. The fraction of sp³-hybridized carbons (Fsp3) is 0.316. The number of nitrogens with zero attached hydrogens (tertiary/aromatic N) is 4. The standard InChI is InChI=1S/C19H22ClN5O/c1-3-24(4-2)8-9-25-13-16(12-22-25)23-19(26)17-11-15(20)10-14-6-5-7-21-18(14)17/h5-7,10-13H,3-4,8-9H2,1-2H3,(H,23,26). The first-order valence-electron chi connectivity index (χ1n) is 8.71. The van der Waals surface area contributed by atoms with Crippen LogP contribution >= 0.6 is 11.6 Å². The van der Waals surface area contributed by atoms with E-state index in [1.807, 2.05) is 23.0 Å². The maximum atomic E-state index is 12.7. The van der Waals surface area contributed by atoms with Gasteiger partial charge in [0.25, 0.3) is 5.91 Å². The van der Waals surface area contributed by atoms with Crippen LogP contribution in [0.15, 0.2) is 42.9 Å². The molecule has 0 aliphatic rings. The largest absolute Gasteiger partial charge is 0.319 e. The summed E-state index contributed by atoms with van der Waals surface area (Å²) in [7, 11) is 0. The van der Waals surface area contributed by atoms with Crippen molar-refractivity contribution in [2.24, 2.45) is 0 Å². The summed E-state index contributed by atoms with van der Waals surface area (Å²) in [5.74, 6) is -0.250. The van der Waals surface area contributed by atoms with Crippen LogP contribution in [0.4, 0.5) is 5.69 Å². The topological polar surface area (TPSA) is 63.0 Å². The molecule has 0 aliphatic heterocycles. The Morgan fingerprint density at radius 1 is 1.31 bits per heavy atom. The van der Waals surface area contributed by atoms with Gasteiger partial charge in [-0.15, -0.1) is 0 Å². The van der Waals surface area contributed by atoms with E-state index >= 15 is 0 Å². The lowest BCUT2D eigenvalue weighted by molar-refractivity contribution is 0.102. The van der Waals surface area contributed by atoms with Gasteiger partial charge in [-0.2, -0.15) is 5.10 Å². The van der Waals surface area contributed by atoms with Gasteiger partial charge in [-0.3, -0.25) is 14.5 Å². The number of anilines is 1. The summed E-state index contributed by atoms with van der Waals surface area (Å²) in [5, 5.41) is 8.53. The molecule has 136 valence electrons. The molecule has 0 saturated heterocycles. The minimum atomic E-state index is -0.250. The van der Waals surface area contributed by atoms with Crippen LogP contribution in [0.2, 0.25) is 5.02 Å². The second-order valence-corrected chi connectivity index (χ2v) is 6.44. The van der Waals surface area contributed by atoms with Crippen molar-refractivity contribution in [1.82, 2.24) is 19.7 Å². The number of amides is 1. The molecule has 26 heavy (non-hydrogen) atoms. The van der Waals surface area contributed by atoms with Gasteiger partial charge in [-0.1, -0.05) is 31.5 Å². The van der Waals surface area contributed by atoms with Crippen LogP contribution < -0.4 is 5.32 Å². The highest BCUT2D eigenvalue weighted by Gasteiger charge is 2.14. The number of nitrogens with one attached hydrogen (secondary N) is 1. The number of fused-ring (bicyclic) bond motifs is 1. The van der Waals surface area contributed by atoms with Gasteiger partial charge in [-0.05, 0) is 31.3 Å². The molecule has 0 radical (unpaired) electrons. The van der Waals surface area contributed by atoms with Crippen LogP contribution in [-0.4, -0.2) is 45.2 Å². The lowest BCUT2D eigenvalue weighted by Crippen LogP contribution is -2.27. The molecule has 0 aliphatic carbocycles. The number of rotatable bonds is 7. The molecule has 1 amide bonds. The minimum absolute atomic E-state index is 0.250. The van der Waals surface area contributed by atoms with E-state index in [2.05, 4.69) is 34.1 Å². The zero-order chi connectivity index (χ0) is 18.5. The highest BCUT2D eigenvalue weighted by atomic mass is 35.5. The Morgan fingerprint density at radius 3 is 2.88 bits per heavy atom. The molecular weight excluding hydrogens is 350 g/mol. The van der Waals surface area contributed by atoms with Crippen molar-refractivity contribution >= 4 is 34.1 Å². The van der Waals surface area contributed by atoms with E-state index in [4.69, 9.17) is 11.6 Å². The highest BCUT2D eigenvalue weighted by Crippen LogP contribution is 2.23. The van der Waals surface area contributed by atoms with Crippen molar-refractivity contribution in [3.63, 3.8) is 0 Å². The van der Waals surface area contributed by atoms with E-state index < -0.39 is 0 Å². The molecule has 6 nitrogen and oxygen atoms in total. The Morgan fingerprint density at radius 2 is 2.12 bits per heavy atom. The second kappa shape index (κ2) is 8.29. The van der Waals surface area contributed by atoms with Gasteiger partial charge < -0.3 is 10.2 Å². The fourth-order valence-electron chi connectivity index (χ4n) is 2.86. The Balaban J connectivity index is 1.73. The number of hydrogen-bond donors (Lipinski definition) is 1. The van der Waals surface area contributed by atoms with Gasteiger partial charge in [0.15, 0.2) is 0 Å². The molecule has 1 N–H and O–H groups in total. The normalized spacial score (nSPS) is 11.2. The smallest absolute Gasteiger partial charge is 0.258 e. The summed E-state index contributed by atoms with van der Waals surface area (Å²) in [4.78, 5) is 19.3. The predicted molar refractivity (Wildman–Crippen MR) is 105 cm³/mol. The van der Waals surface area contributed by atoms with E-state index in [1.165, 1.54) is 0 Å². The molecule has 0 spiro atoms. The van der Waals surface area contributed by atoms with Gasteiger partial charge in [0.05, 0.1) is 29.5 Å². The van der Waals surface area contributed by atoms with Crippen LogP contribution in [-0.2, 0) is 6.54 Å². The lowest BCUT2D eigenvalue weighted by Gasteiger charge is -2.17. The Kier molecular flexibility index (Phi) is 5.85. The number of likely N-dealkylation sites (N-methyl/N-ethyl adjacent to an activating group) is 1. The summed E-state index contributed by atoms with van der Waals surface area (Å²) in [5.41, 5.74) is 1.73. The predicted octanol–water partition coefficient (Wildman–Crippen LogP) is 3.68. The Labute approximate surface area is 157 Å². The first kappa shape index (κ1) is 18.4. The summed E-state index contributed by atoms with van der Waals surface area (Å²) in [6.07, 6.45) is 5.15. The quantitative estimate of drug-likeness (QED) is 0.688. The van der Waals surface area contributed by atoms with Crippen molar-refractivity contribution in [2.45, 2.75) is 20.4 Å². The van der Waals surface area contributed by atoms with Gasteiger partial charge in [0, 0.05) is 29.3 Å². The van der Waals surface area contributed by atoms with Crippen LogP contribution in [0.1, 0.15) is 24.2 Å². The number of carbonyl (C=O) groups excluding carboxylic acids is 1. The van der Waals surface area contributed by atoms with Gasteiger partial charge in [0.1, 0.15) is 0 Å². The third kappa shape index (κ3) is 4.20. The van der Waals surface area contributed by atoms with E-state index in [9.17, 15) is 4.79 Å². The molecule has 7 heteroatoms. The van der Waals surface area contributed by atoms with Crippen LogP contribution in [0.25, 0.3) is 10.9 Å². The number of halogens is 1. The molecule has 0 atom stereocenters. The lowest BCUT2D eigenvalue weighted by atomic mass is 10.1. The summed E-state index contributed by atoms with van der Waals surface area (Å²) in [6.45, 7) is 8.00. The number of benzene rings is 1. The number of aromatic nitrogens is 3. The summed E-state index contributed by atoms with van der Waals surface area (Å²) >= 11 is 6.14. The third-order valence-corrected chi connectivity index (χ3v) is 4.56. The van der Waals surface area contributed by atoms with Crippen LogP contribution in [0.5, 0.6) is 0 Å². The molecular formula is C19H22ClN5O. The monoisotopic (exact) mass is 371 g/mol. The zero-order valence-electron chi connectivity index (χ0n) is 14.9. The molecule has 2 aromatic heterocycles. The van der Waals surface area contributed by atoms with Crippen molar-refractivity contribution in [1.29, 1.82) is 0 Å². The third-order valence-electron chi connectivity index (χ3n) is 4.35. The molecule has 0 saturated carbocycles. The average Bonchev–Trinajstić information content (AvgIpc) is 3.09. The molecule has 3 rings (SSSR count). The first-order valence-corrected chi connectivity index (χ1v) is 9.09. The van der Waals surface area contributed by atoms with E-state index in [0.717, 1.165) is 31.6 Å². The maximum Gasteiger partial charge on any atom is 0.258 e. The molecule has 2 heterocycles. The van der Waals surface area contributed by atoms with Gasteiger partial charge in [0.2, 0.25) is 0 Å². The zero-order valence-corrected chi connectivity index (χ0v) is 15.7.